The highest BCUT2D eigenvalue weighted by Crippen LogP contribution is 2.28. The van der Waals surface area contributed by atoms with Gasteiger partial charge in [-0.05, 0) is 38.3 Å². The topological polar surface area (TPSA) is 38.5 Å². The van der Waals surface area contributed by atoms with Gasteiger partial charge in [-0.2, -0.15) is 0 Å². The molecule has 1 aromatic carbocycles. The molecule has 0 aliphatic carbocycles. The molecule has 0 bridgehead atoms. The lowest BCUT2D eigenvalue weighted by atomic mass is 9.91. The monoisotopic (exact) mass is 248 g/mol. The Morgan fingerprint density at radius 2 is 2.17 bits per heavy atom. The first kappa shape index (κ1) is 13.2. The van der Waals surface area contributed by atoms with E-state index in [1.165, 1.54) is 24.9 Å². The van der Waals surface area contributed by atoms with Gasteiger partial charge in [0, 0.05) is 29.9 Å². The number of hydrogen-bond donors (Lipinski definition) is 1. The van der Waals surface area contributed by atoms with E-state index in [0.29, 0.717) is 6.04 Å². The van der Waals surface area contributed by atoms with Gasteiger partial charge in [-0.3, -0.25) is 4.90 Å². The molecule has 1 aliphatic rings. The van der Waals surface area contributed by atoms with Crippen molar-refractivity contribution in [2.45, 2.75) is 39.3 Å². The summed E-state index contributed by atoms with van der Waals surface area (Å²) >= 11 is 0. The van der Waals surface area contributed by atoms with Crippen LogP contribution in [0.25, 0.3) is 0 Å². The summed E-state index contributed by atoms with van der Waals surface area (Å²) in [4.78, 5) is 2.54. The van der Waals surface area contributed by atoms with Crippen molar-refractivity contribution in [1.82, 2.24) is 4.90 Å². The van der Waals surface area contributed by atoms with Crippen LogP contribution in [0.15, 0.2) is 18.2 Å². The molecule has 100 valence electrons. The van der Waals surface area contributed by atoms with E-state index in [2.05, 4.69) is 24.8 Å². The molecular formula is C15H24N2O. The van der Waals surface area contributed by atoms with Crippen LogP contribution in [0.5, 0.6) is 5.75 Å². The number of methoxy groups -OCH3 is 1. The van der Waals surface area contributed by atoms with Crippen molar-refractivity contribution in [1.29, 1.82) is 0 Å². The summed E-state index contributed by atoms with van der Waals surface area (Å²) in [6, 6.07) is 6.59. The first-order chi connectivity index (χ1) is 8.61. The molecule has 2 unspecified atom stereocenters. The third-order valence-corrected chi connectivity index (χ3v) is 4.19. The van der Waals surface area contributed by atoms with Crippen LogP contribution in [0.3, 0.4) is 0 Å². The SMILES string of the molecule is COc1cc(N)ccc1CN1CCCC(C)C1C. The lowest BCUT2D eigenvalue weighted by Crippen LogP contribution is -2.41. The fourth-order valence-electron chi connectivity index (χ4n) is 2.75. The van der Waals surface area contributed by atoms with E-state index < -0.39 is 0 Å². The zero-order valence-electron chi connectivity index (χ0n) is 11.6. The van der Waals surface area contributed by atoms with Gasteiger partial charge in [0.15, 0.2) is 0 Å². The summed E-state index contributed by atoms with van der Waals surface area (Å²) in [6.07, 6.45) is 2.64. The zero-order chi connectivity index (χ0) is 13.1. The van der Waals surface area contributed by atoms with Gasteiger partial charge < -0.3 is 10.5 Å². The molecule has 2 rings (SSSR count). The molecule has 0 radical (unpaired) electrons. The van der Waals surface area contributed by atoms with Crippen LogP contribution in [0.1, 0.15) is 32.3 Å². The number of ether oxygens (including phenoxy) is 1. The lowest BCUT2D eigenvalue weighted by Gasteiger charge is -2.38. The number of nitrogens with zero attached hydrogens (tertiary/aromatic N) is 1. The molecule has 1 heterocycles. The predicted octanol–water partition coefficient (Wildman–Crippen LogP) is 2.90. The largest absolute Gasteiger partial charge is 0.496 e. The molecule has 0 aromatic heterocycles. The standard InChI is InChI=1S/C15H24N2O/c1-11-5-4-8-17(12(11)2)10-13-6-7-14(16)9-15(13)18-3/h6-7,9,11-12H,4-5,8,10,16H2,1-3H3. The number of anilines is 1. The number of nitrogen functional groups attached to an aromatic ring is 1. The molecule has 1 saturated heterocycles. The van der Waals surface area contributed by atoms with Crippen LogP contribution in [0.2, 0.25) is 0 Å². The number of benzene rings is 1. The van der Waals surface area contributed by atoms with Gasteiger partial charge in [-0.15, -0.1) is 0 Å². The van der Waals surface area contributed by atoms with E-state index in [9.17, 15) is 0 Å². The number of nitrogens with two attached hydrogens (primary N) is 1. The summed E-state index contributed by atoms with van der Waals surface area (Å²) in [5.74, 6) is 1.68. The van der Waals surface area contributed by atoms with Crippen LogP contribution in [0.4, 0.5) is 5.69 Å². The summed E-state index contributed by atoms with van der Waals surface area (Å²) in [5.41, 5.74) is 7.78. The second-order valence-electron chi connectivity index (χ2n) is 5.40. The maximum atomic E-state index is 5.79. The van der Waals surface area contributed by atoms with E-state index in [1.807, 2.05) is 12.1 Å². The van der Waals surface area contributed by atoms with Crippen LogP contribution in [0, 0.1) is 5.92 Å². The molecule has 1 fully saturated rings. The van der Waals surface area contributed by atoms with Crippen LogP contribution >= 0.6 is 0 Å². The first-order valence-corrected chi connectivity index (χ1v) is 6.78. The number of rotatable bonds is 3. The van der Waals surface area contributed by atoms with Crippen molar-refractivity contribution in [3.05, 3.63) is 23.8 Å². The summed E-state index contributed by atoms with van der Waals surface area (Å²) in [7, 11) is 1.71. The smallest absolute Gasteiger partial charge is 0.125 e. The molecule has 18 heavy (non-hydrogen) atoms. The highest BCUT2D eigenvalue weighted by atomic mass is 16.5. The highest BCUT2D eigenvalue weighted by Gasteiger charge is 2.25. The molecule has 2 N–H and O–H groups in total. The third kappa shape index (κ3) is 2.78. The van der Waals surface area contributed by atoms with Crippen molar-refractivity contribution in [3.8, 4) is 5.75 Å². The van der Waals surface area contributed by atoms with Gasteiger partial charge in [-0.25, -0.2) is 0 Å². The summed E-state index contributed by atoms with van der Waals surface area (Å²) in [5, 5.41) is 0. The van der Waals surface area contributed by atoms with E-state index in [4.69, 9.17) is 10.5 Å². The minimum Gasteiger partial charge on any atom is -0.496 e. The number of piperidine rings is 1. The van der Waals surface area contributed by atoms with Gasteiger partial charge in [0.2, 0.25) is 0 Å². The second-order valence-corrected chi connectivity index (χ2v) is 5.40. The van der Waals surface area contributed by atoms with E-state index >= 15 is 0 Å². The average molecular weight is 248 g/mol. The van der Waals surface area contributed by atoms with Crippen molar-refractivity contribution in [2.24, 2.45) is 5.92 Å². The minimum atomic E-state index is 0.640. The number of likely N-dealkylation sites (tertiary alicyclic amines) is 1. The van der Waals surface area contributed by atoms with E-state index in [0.717, 1.165) is 23.9 Å². The molecular weight excluding hydrogens is 224 g/mol. The molecule has 2 atom stereocenters. The Kier molecular flexibility index (Phi) is 4.12. The van der Waals surface area contributed by atoms with Gasteiger partial charge >= 0.3 is 0 Å². The maximum absolute atomic E-state index is 5.79. The molecule has 1 aromatic rings. The van der Waals surface area contributed by atoms with Crippen molar-refractivity contribution >= 4 is 5.69 Å². The van der Waals surface area contributed by atoms with E-state index in [1.54, 1.807) is 7.11 Å². The van der Waals surface area contributed by atoms with Gasteiger partial charge in [0.05, 0.1) is 7.11 Å². The highest BCUT2D eigenvalue weighted by molar-refractivity contribution is 5.48. The molecule has 0 saturated carbocycles. The Balaban J connectivity index is 2.13. The molecule has 3 nitrogen and oxygen atoms in total. The molecule has 0 amide bonds. The van der Waals surface area contributed by atoms with Crippen LogP contribution in [-0.4, -0.2) is 24.6 Å². The molecule has 3 heteroatoms. The second kappa shape index (κ2) is 5.61. The summed E-state index contributed by atoms with van der Waals surface area (Å²) in [6.45, 7) is 6.80. The fraction of sp³-hybridized carbons (Fsp3) is 0.600. The van der Waals surface area contributed by atoms with Crippen molar-refractivity contribution < 1.29 is 4.74 Å². The van der Waals surface area contributed by atoms with Crippen molar-refractivity contribution in [2.75, 3.05) is 19.4 Å². The Bertz CT molecular complexity index is 405. The Hall–Kier alpha value is -1.22. The summed E-state index contributed by atoms with van der Waals surface area (Å²) < 4.78 is 5.42. The van der Waals surface area contributed by atoms with Crippen LogP contribution in [-0.2, 0) is 6.54 Å². The van der Waals surface area contributed by atoms with Crippen LogP contribution < -0.4 is 10.5 Å². The fourth-order valence-corrected chi connectivity index (χ4v) is 2.75. The van der Waals surface area contributed by atoms with Gasteiger partial charge in [-0.1, -0.05) is 13.0 Å². The zero-order valence-corrected chi connectivity index (χ0v) is 11.6. The normalized spacial score (nSPS) is 25.1. The van der Waals surface area contributed by atoms with Gasteiger partial charge in [0.1, 0.15) is 5.75 Å². The Morgan fingerprint density at radius 1 is 1.39 bits per heavy atom. The first-order valence-electron chi connectivity index (χ1n) is 6.78. The van der Waals surface area contributed by atoms with E-state index in [-0.39, 0.29) is 0 Å². The molecule has 0 spiro atoms. The lowest BCUT2D eigenvalue weighted by molar-refractivity contribution is 0.105. The minimum absolute atomic E-state index is 0.640. The quantitative estimate of drug-likeness (QED) is 0.836. The third-order valence-electron chi connectivity index (χ3n) is 4.19. The van der Waals surface area contributed by atoms with Gasteiger partial charge in [0.25, 0.3) is 0 Å². The maximum Gasteiger partial charge on any atom is 0.125 e. The molecule has 1 aliphatic heterocycles. The average Bonchev–Trinajstić information content (AvgIpc) is 2.37. The van der Waals surface area contributed by atoms with Crippen molar-refractivity contribution in [3.63, 3.8) is 0 Å². The Morgan fingerprint density at radius 3 is 2.89 bits per heavy atom. The predicted molar refractivity (Wildman–Crippen MR) is 75.7 cm³/mol. The number of hydrogen-bond acceptors (Lipinski definition) is 3. The Labute approximate surface area is 110 Å².